The fourth-order valence-corrected chi connectivity index (χ4v) is 1.38. The highest BCUT2D eigenvalue weighted by atomic mass is 32.8. The van der Waals surface area contributed by atoms with E-state index in [4.69, 9.17) is 11.2 Å². The van der Waals surface area contributed by atoms with Crippen LogP contribution >= 0.6 is 0 Å². The third kappa shape index (κ3) is 2.71. The molecule has 4 heteroatoms. The molecule has 0 aliphatic rings. The fourth-order valence-electron chi connectivity index (χ4n) is 0.779. The van der Waals surface area contributed by atoms with Crippen LogP contribution in [0.1, 0.15) is 10.4 Å². The van der Waals surface area contributed by atoms with Gasteiger partial charge in [-0.2, -0.15) is 0 Å². The molecule has 1 atom stereocenters. The zero-order valence-corrected chi connectivity index (χ0v) is 8.24. The lowest BCUT2D eigenvalue weighted by Crippen LogP contribution is -2.23. The molecule has 1 aromatic rings. The standard InChI is InChI=1S/C8H9NOS2/c1-12(11)9-8(10)7-5-3-2-4-6-7/h2-6H,1H3,(H,9,10). The van der Waals surface area contributed by atoms with Crippen LogP contribution < -0.4 is 4.72 Å². The van der Waals surface area contributed by atoms with E-state index in [1.165, 1.54) is 0 Å². The minimum Gasteiger partial charge on any atom is -0.294 e. The Morgan fingerprint density at radius 1 is 1.42 bits per heavy atom. The second-order valence-corrected chi connectivity index (χ2v) is 4.86. The van der Waals surface area contributed by atoms with Crippen LogP contribution in [-0.2, 0) is 20.8 Å². The number of nitrogens with one attached hydrogen (secondary N) is 1. The molecule has 1 rings (SSSR count). The highest BCUT2D eigenvalue weighted by Crippen LogP contribution is 1.97. The largest absolute Gasteiger partial charge is 0.294 e. The third-order valence-electron chi connectivity index (χ3n) is 1.27. The number of rotatable bonds is 2. The first kappa shape index (κ1) is 9.35. The molecule has 2 nitrogen and oxygen atoms in total. The van der Waals surface area contributed by atoms with Gasteiger partial charge in [0.15, 0.2) is 0 Å². The SMILES string of the molecule is CS(=S)NC(=O)c1ccccc1. The summed E-state index contributed by atoms with van der Waals surface area (Å²) in [5.41, 5.74) is 0.654. The van der Waals surface area contributed by atoms with Gasteiger partial charge in [0.1, 0.15) is 0 Å². The predicted octanol–water partition coefficient (Wildman–Crippen LogP) is 1.04. The molecule has 1 unspecified atom stereocenters. The van der Waals surface area contributed by atoms with Crippen molar-refractivity contribution >= 4 is 26.7 Å². The molecule has 1 aromatic carbocycles. The Hall–Kier alpha value is -0.740. The van der Waals surface area contributed by atoms with E-state index >= 15 is 0 Å². The zero-order valence-electron chi connectivity index (χ0n) is 6.61. The first-order valence-electron chi connectivity index (χ1n) is 3.39. The molecular weight excluding hydrogens is 190 g/mol. The van der Waals surface area contributed by atoms with Crippen molar-refractivity contribution < 1.29 is 4.79 Å². The van der Waals surface area contributed by atoms with E-state index < -0.39 is 9.64 Å². The average molecular weight is 199 g/mol. The molecule has 0 saturated heterocycles. The Kier molecular flexibility index (Phi) is 3.37. The number of carbonyl (C=O) groups is 1. The minimum absolute atomic E-state index is 0.101. The lowest BCUT2D eigenvalue weighted by Gasteiger charge is -2.01. The van der Waals surface area contributed by atoms with E-state index in [9.17, 15) is 4.79 Å². The summed E-state index contributed by atoms with van der Waals surface area (Å²) < 4.78 is 2.66. The Bertz CT molecular complexity index is 297. The number of hydrogen-bond donors (Lipinski definition) is 1. The van der Waals surface area contributed by atoms with E-state index in [0.717, 1.165) is 0 Å². The third-order valence-corrected chi connectivity index (χ3v) is 2.00. The Morgan fingerprint density at radius 3 is 2.50 bits per heavy atom. The predicted molar refractivity (Wildman–Crippen MR) is 54.6 cm³/mol. The molecule has 0 aliphatic heterocycles. The van der Waals surface area contributed by atoms with Crippen molar-refractivity contribution in [2.24, 2.45) is 0 Å². The number of carbonyl (C=O) groups excluding carboxylic acids is 1. The molecule has 0 fully saturated rings. The zero-order chi connectivity index (χ0) is 8.97. The van der Waals surface area contributed by atoms with E-state index in [1.807, 2.05) is 18.2 Å². The Balaban J connectivity index is 2.73. The van der Waals surface area contributed by atoms with E-state index in [2.05, 4.69) is 4.72 Å². The van der Waals surface area contributed by atoms with Gasteiger partial charge in [-0.3, -0.25) is 9.52 Å². The van der Waals surface area contributed by atoms with Crippen molar-refractivity contribution in [3.05, 3.63) is 35.9 Å². The van der Waals surface area contributed by atoms with Crippen molar-refractivity contribution in [1.29, 1.82) is 0 Å². The summed E-state index contributed by atoms with van der Waals surface area (Å²) in [5.74, 6) is -0.101. The molecular formula is C8H9NOS2. The Morgan fingerprint density at radius 2 is 2.00 bits per heavy atom. The first-order valence-corrected chi connectivity index (χ1v) is 5.95. The van der Waals surface area contributed by atoms with E-state index in [1.54, 1.807) is 18.4 Å². The van der Waals surface area contributed by atoms with Crippen molar-refractivity contribution in [2.75, 3.05) is 6.26 Å². The molecule has 0 heterocycles. The molecule has 1 N–H and O–H groups in total. The van der Waals surface area contributed by atoms with Crippen LogP contribution in [0.4, 0.5) is 0 Å². The quantitative estimate of drug-likeness (QED) is 0.771. The first-order chi connectivity index (χ1) is 5.70. The smallest absolute Gasteiger partial charge is 0.261 e. The van der Waals surface area contributed by atoms with Gasteiger partial charge in [0.2, 0.25) is 0 Å². The van der Waals surface area contributed by atoms with E-state index in [0.29, 0.717) is 5.56 Å². The van der Waals surface area contributed by atoms with Crippen LogP contribution in [0.2, 0.25) is 0 Å². The maximum absolute atomic E-state index is 11.3. The van der Waals surface area contributed by atoms with Gasteiger partial charge in [-0.25, -0.2) is 0 Å². The van der Waals surface area contributed by atoms with Crippen molar-refractivity contribution in [3.8, 4) is 0 Å². The molecule has 64 valence electrons. The highest BCUT2D eigenvalue weighted by molar-refractivity contribution is 8.27. The van der Waals surface area contributed by atoms with E-state index in [-0.39, 0.29) is 5.91 Å². The molecule has 0 radical (unpaired) electrons. The van der Waals surface area contributed by atoms with Crippen LogP contribution in [0.3, 0.4) is 0 Å². The molecule has 0 spiro atoms. The number of amides is 1. The fraction of sp³-hybridized carbons (Fsp3) is 0.125. The molecule has 0 aromatic heterocycles. The molecule has 1 amide bonds. The maximum Gasteiger partial charge on any atom is 0.261 e. The summed E-state index contributed by atoms with van der Waals surface area (Å²) in [6.45, 7) is 0. The maximum atomic E-state index is 11.3. The lowest BCUT2D eigenvalue weighted by atomic mass is 10.2. The summed E-state index contributed by atoms with van der Waals surface area (Å²) in [6, 6.07) is 9.05. The number of benzene rings is 1. The van der Waals surface area contributed by atoms with Crippen molar-refractivity contribution in [1.82, 2.24) is 4.72 Å². The summed E-state index contributed by atoms with van der Waals surface area (Å²) in [4.78, 5) is 11.3. The van der Waals surface area contributed by atoms with Crippen molar-refractivity contribution in [2.45, 2.75) is 0 Å². The summed E-state index contributed by atoms with van der Waals surface area (Å²) in [7, 11) is -0.462. The normalized spacial score (nSPS) is 12.1. The van der Waals surface area contributed by atoms with Crippen LogP contribution in [0, 0.1) is 0 Å². The van der Waals surface area contributed by atoms with Crippen LogP contribution in [0.15, 0.2) is 30.3 Å². The molecule has 0 saturated carbocycles. The van der Waals surface area contributed by atoms with Crippen LogP contribution in [0.25, 0.3) is 0 Å². The summed E-state index contributed by atoms with van der Waals surface area (Å²) >= 11 is 4.85. The topological polar surface area (TPSA) is 29.1 Å². The summed E-state index contributed by atoms with van der Waals surface area (Å²) in [5, 5.41) is 0. The second kappa shape index (κ2) is 4.33. The van der Waals surface area contributed by atoms with Gasteiger partial charge in [-0.05, 0) is 33.0 Å². The molecule has 0 aliphatic carbocycles. The monoisotopic (exact) mass is 199 g/mol. The van der Waals surface area contributed by atoms with Gasteiger partial charge >= 0.3 is 0 Å². The average Bonchev–Trinajstić information content (AvgIpc) is 2.05. The number of hydrogen-bond acceptors (Lipinski definition) is 2. The summed E-state index contributed by atoms with van der Waals surface area (Å²) in [6.07, 6.45) is 1.79. The van der Waals surface area contributed by atoms with Gasteiger partial charge < -0.3 is 0 Å². The van der Waals surface area contributed by atoms with Crippen molar-refractivity contribution in [3.63, 3.8) is 0 Å². The van der Waals surface area contributed by atoms with Gasteiger partial charge in [0, 0.05) is 11.8 Å². The second-order valence-electron chi connectivity index (χ2n) is 2.25. The molecule has 0 bridgehead atoms. The van der Waals surface area contributed by atoms with Crippen LogP contribution in [-0.4, -0.2) is 12.2 Å². The van der Waals surface area contributed by atoms with Gasteiger partial charge in [0.05, 0.1) is 0 Å². The lowest BCUT2D eigenvalue weighted by molar-refractivity contribution is 0.0984. The Labute approximate surface area is 78.7 Å². The van der Waals surface area contributed by atoms with Gasteiger partial charge in [-0.15, -0.1) is 0 Å². The minimum atomic E-state index is -0.462. The van der Waals surface area contributed by atoms with Gasteiger partial charge in [0.25, 0.3) is 5.91 Å². The highest BCUT2D eigenvalue weighted by Gasteiger charge is 2.02. The van der Waals surface area contributed by atoms with Crippen LogP contribution in [0.5, 0.6) is 0 Å². The van der Waals surface area contributed by atoms with Gasteiger partial charge in [-0.1, -0.05) is 18.2 Å². The molecule has 12 heavy (non-hydrogen) atoms.